The number of unbranched alkanes of at least 4 members (excludes halogenated alkanes) is 45. The molecule has 26 heteroatoms. The van der Waals surface area contributed by atoms with Crippen LogP contribution in [0.2, 0.25) is 0 Å². The highest BCUT2D eigenvalue weighted by Crippen LogP contribution is 2.49. The summed E-state index contributed by atoms with van der Waals surface area (Å²) in [6.45, 7) is 10.3. The van der Waals surface area contributed by atoms with E-state index < -0.39 is 162 Å². The van der Waals surface area contributed by atoms with E-state index in [0.717, 1.165) is 141 Å². The first-order valence-corrected chi connectivity index (χ1v) is 50.7. The van der Waals surface area contributed by atoms with Gasteiger partial charge in [0.05, 0.1) is 13.2 Å². The van der Waals surface area contributed by atoms with Crippen LogP contribution in [0.1, 0.15) is 427 Å². The van der Waals surface area contributed by atoms with Gasteiger partial charge < -0.3 is 88.7 Å². The molecule has 0 bridgehead atoms. The second-order valence-corrected chi connectivity index (χ2v) is 37.2. The van der Waals surface area contributed by atoms with Crippen LogP contribution in [0.15, 0.2) is 12.2 Å². The summed E-state index contributed by atoms with van der Waals surface area (Å²) in [6, 6.07) is 0. The molecule has 0 amide bonds. The predicted molar refractivity (Wildman–Crippen MR) is 472 cm³/mol. The van der Waals surface area contributed by atoms with Crippen molar-refractivity contribution in [2.24, 2.45) is 11.8 Å². The van der Waals surface area contributed by atoms with Gasteiger partial charge in [-0.3, -0.25) is 28.2 Å². The van der Waals surface area contributed by atoms with Crippen LogP contribution in [0.25, 0.3) is 0 Å². The van der Waals surface area contributed by atoms with Crippen LogP contribution in [0.5, 0.6) is 0 Å². The normalized spacial score (nSPS) is 25.2. The number of allylic oxidation sites excluding steroid dienone is 2. The summed E-state index contributed by atoms with van der Waals surface area (Å²) in [5.74, 6) is -1.60. The van der Waals surface area contributed by atoms with Crippen molar-refractivity contribution in [1.82, 2.24) is 0 Å². The summed E-state index contributed by atoms with van der Waals surface area (Å²) in [4.78, 5) is 66.7. The Bertz CT molecular complexity index is 2590. The molecule has 0 aromatic heterocycles. The Balaban J connectivity index is 1.92. The first kappa shape index (κ1) is 112. The number of carbonyl (C=O) groups excluding carboxylic acids is 4. The summed E-state index contributed by atoms with van der Waals surface area (Å²) >= 11 is 0. The molecule has 20 atom stereocenters. The Morgan fingerprint density at radius 1 is 0.347 bits per heavy atom. The zero-order chi connectivity index (χ0) is 88.5. The summed E-state index contributed by atoms with van der Waals surface area (Å²) in [7, 11) is -5.81. The number of phosphoric ester groups is 1. The number of rotatable bonds is 79. The number of carbonyl (C=O) groups is 4. The lowest BCUT2D eigenvalue weighted by Crippen LogP contribution is -2.70. The molecule has 3 aliphatic rings. The molecule has 0 radical (unpaired) electrons. The molecule has 3 rings (SSSR count). The standard InChI is InChI=1S/C95H177O25P/c1-7-11-15-19-23-25-27-29-31-33-35-37-39-49-58-66-79(98)112-72-77-83(102)85(104)89(108)95(116-77)119-92-90(117-81(100)68-60-51-40-38-36-34-32-30-28-26-24-20-16-12-8-2)86(105)87(106)91(118-94-88(107)84(103)82(101)76(69-96)115-94)93(92)120-121(109,110)113-71-75(114-80(99)67-59-52-44-42-48-56-64-74(6)62-54-46-22-18-14-10-4)70-111-78(97)65-57-50-43-41-47-55-63-73(5)61-53-45-21-17-13-9-3/h26,28,73-77,82-96,101-108H,7-25,27,29-72H2,1-6H3,(H,109,110)/b28-26-. The van der Waals surface area contributed by atoms with Crippen LogP contribution in [0, 0.1) is 11.8 Å². The van der Waals surface area contributed by atoms with Gasteiger partial charge in [0.25, 0.3) is 0 Å². The molecule has 3 fully saturated rings. The lowest BCUT2D eigenvalue weighted by Gasteiger charge is -2.50. The molecule has 25 nitrogen and oxygen atoms in total. The van der Waals surface area contributed by atoms with Crippen molar-refractivity contribution in [3.8, 4) is 0 Å². The van der Waals surface area contributed by atoms with Gasteiger partial charge in [-0.1, -0.05) is 362 Å². The molecule has 121 heavy (non-hydrogen) atoms. The van der Waals surface area contributed by atoms with Crippen molar-refractivity contribution < 1.29 is 122 Å². The van der Waals surface area contributed by atoms with Crippen molar-refractivity contribution in [2.75, 3.05) is 26.4 Å². The van der Waals surface area contributed by atoms with Crippen LogP contribution in [-0.4, -0.2) is 205 Å². The minimum atomic E-state index is -5.81. The van der Waals surface area contributed by atoms with Gasteiger partial charge >= 0.3 is 31.7 Å². The summed E-state index contributed by atoms with van der Waals surface area (Å²) in [5, 5.41) is 103. The Hall–Kier alpha value is -2.79. The van der Waals surface area contributed by atoms with E-state index >= 15 is 0 Å². The Kier molecular flexibility index (Phi) is 66.9. The highest BCUT2D eigenvalue weighted by atomic mass is 31.2. The second kappa shape index (κ2) is 72.1. The average molecular weight is 1750 g/mol. The minimum absolute atomic E-state index is 0.0175. The van der Waals surface area contributed by atoms with Gasteiger partial charge in [-0.25, -0.2) is 4.57 Å². The van der Waals surface area contributed by atoms with Crippen LogP contribution >= 0.6 is 7.82 Å². The molecule has 0 aromatic carbocycles. The molecule has 1 saturated carbocycles. The van der Waals surface area contributed by atoms with E-state index in [1.807, 2.05) is 0 Å². The minimum Gasteiger partial charge on any atom is -0.463 e. The predicted octanol–water partition coefficient (Wildman–Crippen LogP) is 18.8. The molecule has 2 aliphatic heterocycles. The van der Waals surface area contributed by atoms with Crippen molar-refractivity contribution in [3.63, 3.8) is 0 Å². The SMILES string of the molecule is CCCCCC/C=C\CCCCCCCCCC(=O)OC1C(O)C(O)C(OC2OC(CO)C(O)C(O)C2O)C(OP(=O)(O)OCC(COC(=O)CCCCCCCCC(C)CCCCCCCC)OC(=O)CCCCCCCCC(C)CCCCCCCC)C1OC1OC(COC(=O)CCCCCCCCCCCCCCCCC)C(O)C(O)C1O. The van der Waals surface area contributed by atoms with Gasteiger partial charge in [0.2, 0.25) is 0 Å². The summed E-state index contributed by atoms with van der Waals surface area (Å²) in [5.41, 5.74) is 0. The summed E-state index contributed by atoms with van der Waals surface area (Å²) in [6.07, 6.45) is 29.0. The lowest BCUT2D eigenvalue weighted by molar-refractivity contribution is -0.360. The monoisotopic (exact) mass is 1750 g/mol. The van der Waals surface area contributed by atoms with Crippen molar-refractivity contribution in [3.05, 3.63) is 12.2 Å². The molecule has 20 unspecified atom stereocenters. The van der Waals surface area contributed by atoms with Crippen molar-refractivity contribution in [1.29, 1.82) is 0 Å². The van der Waals surface area contributed by atoms with Crippen molar-refractivity contribution >= 4 is 31.7 Å². The number of hydrogen-bond acceptors (Lipinski definition) is 24. The van der Waals surface area contributed by atoms with E-state index in [-0.39, 0.29) is 25.7 Å². The number of ether oxygens (including phenoxy) is 8. The molecule has 712 valence electrons. The van der Waals surface area contributed by atoms with E-state index in [9.17, 15) is 74.6 Å². The third-order valence-corrected chi connectivity index (χ3v) is 25.5. The fourth-order valence-corrected chi connectivity index (χ4v) is 17.5. The third kappa shape index (κ3) is 52.5. The van der Waals surface area contributed by atoms with Gasteiger partial charge in [0.15, 0.2) is 24.8 Å². The quantitative estimate of drug-likeness (QED) is 0.00889. The number of esters is 4. The van der Waals surface area contributed by atoms with Gasteiger partial charge in [0, 0.05) is 25.7 Å². The van der Waals surface area contributed by atoms with E-state index in [0.29, 0.717) is 43.9 Å². The Morgan fingerprint density at radius 2 is 0.669 bits per heavy atom. The van der Waals surface area contributed by atoms with Crippen LogP contribution in [-0.2, 0) is 70.7 Å². The fraction of sp³-hybridized carbons (Fsp3) is 0.937. The fourth-order valence-electron chi connectivity index (χ4n) is 16.6. The largest absolute Gasteiger partial charge is 0.472 e. The van der Waals surface area contributed by atoms with Crippen molar-refractivity contribution in [2.45, 2.75) is 531 Å². The maximum atomic E-state index is 15.0. The number of aliphatic hydroxyl groups is 9. The smallest absolute Gasteiger partial charge is 0.463 e. The summed E-state index contributed by atoms with van der Waals surface area (Å²) < 4.78 is 73.7. The Morgan fingerprint density at radius 3 is 1.07 bits per heavy atom. The average Bonchev–Trinajstić information content (AvgIpc) is 0.753. The molecular formula is C95H177O25P. The van der Waals surface area contributed by atoms with Gasteiger partial charge in [0.1, 0.15) is 92.6 Å². The van der Waals surface area contributed by atoms with E-state index in [4.69, 9.17) is 46.9 Å². The number of phosphoric acid groups is 1. The van der Waals surface area contributed by atoms with Crippen LogP contribution < -0.4 is 0 Å². The van der Waals surface area contributed by atoms with E-state index in [2.05, 4.69) is 53.7 Å². The highest BCUT2D eigenvalue weighted by Gasteiger charge is 2.60. The zero-order valence-corrected chi connectivity index (χ0v) is 77.3. The molecule has 2 heterocycles. The molecular weight excluding hydrogens is 1570 g/mol. The number of hydrogen-bond donors (Lipinski definition) is 10. The maximum absolute atomic E-state index is 15.0. The molecule has 0 spiro atoms. The lowest BCUT2D eigenvalue weighted by atomic mass is 9.84. The van der Waals surface area contributed by atoms with E-state index in [1.54, 1.807) is 0 Å². The molecule has 10 N–H and O–H groups in total. The molecule has 2 saturated heterocycles. The van der Waals surface area contributed by atoms with E-state index in [1.165, 1.54) is 186 Å². The second-order valence-electron chi connectivity index (χ2n) is 35.8. The first-order valence-electron chi connectivity index (χ1n) is 49.2. The van der Waals surface area contributed by atoms with Crippen LogP contribution in [0.4, 0.5) is 0 Å². The molecule has 1 aliphatic carbocycles. The highest BCUT2D eigenvalue weighted by molar-refractivity contribution is 7.47. The zero-order valence-electron chi connectivity index (χ0n) is 76.4. The van der Waals surface area contributed by atoms with Gasteiger partial charge in [-0.15, -0.1) is 0 Å². The van der Waals surface area contributed by atoms with Crippen LogP contribution in [0.3, 0.4) is 0 Å². The topological polar surface area (TPSA) is 380 Å². The van der Waals surface area contributed by atoms with Gasteiger partial charge in [-0.05, 0) is 63.2 Å². The van der Waals surface area contributed by atoms with Gasteiger partial charge in [-0.2, -0.15) is 0 Å². The number of aliphatic hydroxyl groups excluding tert-OH is 9. The first-order chi connectivity index (χ1) is 58.5. The molecule has 0 aromatic rings. The maximum Gasteiger partial charge on any atom is 0.472 e. The third-order valence-electron chi connectivity index (χ3n) is 24.6. The Labute approximate surface area is 731 Å².